The van der Waals surface area contributed by atoms with Crippen LogP contribution >= 0.6 is 0 Å². The summed E-state index contributed by atoms with van der Waals surface area (Å²) in [5.41, 5.74) is 21.6. The van der Waals surface area contributed by atoms with Crippen LogP contribution in [0.4, 0.5) is 5.69 Å². The van der Waals surface area contributed by atoms with Crippen LogP contribution < -0.4 is 0 Å². The molecule has 15 aromatic rings. The molecule has 1 aliphatic rings. The molecule has 0 bridgehead atoms. The second kappa shape index (κ2) is 50.0. The molecule has 1 aliphatic heterocycles. The summed E-state index contributed by atoms with van der Waals surface area (Å²) < 4.78 is 0. The number of benzene rings is 11. The van der Waals surface area contributed by atoms with Crippen molar-refractivity contribution in [3.8, 4) is 102 Å². The summed E-state index contributed by atoms with van der Waals surface area (Å²) in [6.07, 6.45) is 17.6. The molecule has 16 rings (SSSR count). The van der Waals surface area contributed by atoms with E-state index in [-0.39, 0.29) is 71.4 Å². The third-order valence-corrected chi connectivity index (χ3v) is 16.1. The van der Waals surface area contributed by atoms with Gasteiger partial charge in [-0.3, -0.25) is 11.8 Å². The van der Waals surface area contributed by atoms with Gasteiger partial charge in [-0.15, -0.1) is 323 Å². The number of hydrogen-bond donors (Lipinski definition) is 0. The second-order valence-electron chi connectivity index (χ2n) is 25.4. The SMILES string of the molecule is CN1C=CN(C)[CH-]1.[C-]#Cc1ccc(C(C)(C)C)cc1.[C-]#Cc1ccccc1.[C-]#[N+]c1c(C)cccc1C.[Ni+3].[Ni+3].[Ni+3].[Ni+3].[c-]1ccccc1-c1cccc(-c2[c-]cccc2)n1.[c-]1ccccc1-c1cccc(-c2[c-]cccc2)n1.[c-]1ccccc1-c1cccc(-c2[c-]cccc2)n1.[c-]1ccccc1-c1cccc(-c2[c-]cccc2)n1. The maximum atomic E-state index is 6.92. The molecule has 0 aliphatic carbocycles. The van der Waals surface area contributed by atoms with Gasteiger partial charge < -0.3 is 42.6 Å². The molecule has 4 radical (unpaired) electrons. The Hall–Kier alpha value is -12.1. The first-order valence-corrected chi connectivity index (χ1v) is 35.3. The molecule has 0 spiro atoms. The first-order chi connectivity index (χ1) is 53.2. The van der Waals surface area contributed by atoms with Crippen LogP contribution in [0.25, 0.3) is 94.9 Å². The maximum Gasteiger partial charge on any atom is 3.00 e. The van der Waals surface area contributed by atoms with Crippen molar-refractivity contribution in [1.29, 1.82) is 0 Å². The molecule has 5 heterocycles. The van der Waals surface area contributed by atoms with Gasteiger partial charge in [0.15, 0.2) is 5.69 Å². The Kier molecular flexibility index (Phi) is 40.5. The van der Waals surface area contributed by atoms with E-state index in [1.807, 2.05) is 384 Å². The number of aromatic nitrogens is 4. The van der Waals surface area contributed by atoms with Crippen molar-refractivity contribution in [1.82, 2.24) is 29.7 Å². The number of nitrogens with zero attached hydrogens (tertiary/aromatic N) is 7. The van der Waals surface area contributed by atoms with Crippen molar-refractivity contribution in [2.75, 3.05) is 14.1 Å². The fourth-order valence-electron chi connectivity index (χ4n) is 10.5. The fourth-order valence-corrected chi connectivity index (χ4v) is 10.5. The Morgan fingerprint density at radius 3 is 0.690 bits per heavy atom. The van der Waals surface area contributed by atoms with Crippen LogP contribution in [-0.4, -0.2) is 43.8 Å². The van der Waals surface area contributed by atoms with Crippen molar-refractivity contribution < 1.29 is 66.0 Å². The van der Waals surface area contributed by atoms with E-state index in [0.717, 1.165) is 118 Å². The number of hydrogen-bond acceptors (Lipinski definition) is 6. The van der Waals surface area contributed by atoms with Gasteiger partial charge in [-0.2, -0.15) is 6.67 Å². The quantitative estimate of drug-likeness (QED) is 0.0858. The largest absolute Gasteiger partial charge is 3.00 e. The smallest absolute Gasteiger partial charge is 0.511 e. The molecule has 11 aromatic carbocycles. The minimum atomic E-state index is 0. The van der Waals surface area contributed by atoms with E-state index in [0.29, 0.717) is 0 Å². The monoisotopic (exact) mass is 1630 g/mol. The Morgan fingerprint density at radius 1 is 0.301 bits per heavy atom. The first kappa shape index (κ1) is 91.6. The fraction of sp³-hybridized carbons (Fsp3) is 0.0784. The summed E-state index contributed by atoms with van der Waals surface area (Å²) in [5.74, 6) is 4.63. The average molecular weight is 1640 g/mol. The van der Waals surface area contributed by atoms with Crippen LogP contribution in [0, 0.1) is 100 Å². The van der Waals surface area contributed by atoms with Crippen molar-refractivity contribution in [3.05, 3.63) is 459 Å². The van der Waals surface area contributed by atoms with Crippen LogP contribution in [0.15, 0.2) is 352 Å². The minimum Gasteiger partial charge on any atom is -0.511 e. The van der Waals surface area contributed by atoms with Crippen molar-refractivity contribution >= 4 is 5.69 Å². The molecule has 113 heavy (non-hydrogen) atoms. The molecule has 4 aromatic heterocycles. The van der Waals surface area contributed by atoms with Gasteiger partial charge >= 0.3 is 66.0 Å². The summed E-state index contributed by atoms with van der Waals surface area (Å²) >= 11 is 0. The molecule has 0 amide bonds. The third kappa shape index (κ3) is 30.6. The van der Waals surface area contributed by atoms with E-state index in [1.165, 1.54) is 5.56 Å². The minimum absolute atomic E-state index is 0. The van der Waals surface area contributed by atoms with Gasteiger partial charge in [-0.1, -0.05) is 142 Å². The maximum absolute atomic E-state index is 6.92. The summed E-state index contributed by atoms with van der Waals surface area (Å²) in [4.78, 5) is 26.0. The van der Waals surface area contributed by atoms with E-state index in [2.05, 4.69) is 118 Å². The standard InChI is InChI=1S/4C17H11N.C12H13.C9H9N.C8H5.C5H9N2.4Ni/c4*1-3-8-14(9-4-1)16-12-7-13-17(18-16)15-10-5-2-6-11-15;1-5-10-6-8-11(9-7-10)12(2,3)4;1-7-5-4-6-8(2)9(7)10-3;1-2-8-6-4-3-5-7-8;1-6-3-4-7(2)5-6;;;;/h4*1-8,10,12-13H;6-9H,2-4H3;4-6H,1-2H3;3-7H;3-5H,1-2H3;;;;/q4*-2;-1;;2*-1;4*+3. The average Bonchev–Trinajstić information content (AvgIpc) is 1.16. The predicted molar refractivity (Wildman–Crippen MR) is 446 cm³/mol. The van der Waals surface area contributed by atoms with Gasteiger partial charge in [0.2, 0.25) is 0 Å². The molecule has 0 unspecified atom stereocenters. The van der Waals surface area contributed by atoms with E-state index in [4.69, 9.17) is 19.4 Å². The Balaban J connectivity index is 0.000000234. The van der Waals surface area contributed by atoms with E-state index < -0.39 is 0 Å². The van der Waals surface area contributed by atoms with Crippen molar-refractivity contribution in [2.24, 2.45) is 0 Å². The zero-order valence-electron chi connectivity index (χ0n) is 63.5. The van der Waals surface area contributed by atoms with E-state index >= 15 is 0 Å². The number of pyridine rings is 4. The summed E-state index contributed by atoms with van der Waals surface area (Å²) in [7, 11) is 4.00. The van der Waals surface area contributed by atoms with Crippen LogP contribution in [0.3, 0.4) is 0 Å². The summed E-state index contributed by atoms with van der Waals surface area (Å²) in [6, 6.07) is 136. The van der Waals surface area contributed by atoms with Crippen LogP contribution in [0.1, 0.15) is 48.6 Å². The Labute approximate surface area is 711 Å². The summed E-state index contributed by atoms with van der Waals surface area (Å²) in [5, 5.41) is 0. The molecular formula is C102H80N7Ni4+. The summed E-state index contributed by atoms with van der Waals surface area (Å²) in [6.45, 7) is 19.3. The molecule has 7 nitrogen and oxygen atoms in total. The Bertz CT molecular complexity index is 4610. The molecule has 0 saturated heterocycles. The second-order valence-corrected chi connectivity index (χ2v) is 25.4. The number of para-hydroxylation sites is 1. The molecule has 0 N–H and O–H groups in total. The van der Waals surface area contributed by atoms with Gasteiger partial charge in [0.25, 0.3) is 0 Å². The van der Waals surface area contributed by atoms with Crippen molar-refractivity contribution in [2.45, 2.75) is 40.0 Å². The van der Waals surface area contributed by atoms with Crippen LogP contribution in [0.2, 0.25) is 0 Å². The predicted octanol–water partition coefficient (Wildman–Crippen LogP) is 23.9. The zero-order valence-corrected chi connectivity index (χ0v) is 67.4. The van der Waals surface area contributed by atoms with Crippen LogP contribution in [0.5, 0.6) is 0 Å². The normalized spacial score (nSPS) is 10.2. The number of aryl methyl sites for hydroxylation is 2. The van der Waals surface area contributed by atoms with E-state index in [9.17, 15) is 0 Å². The zero-order chi connectivity index (χ0) is 76.7. The molecule has 0 atom stereocenters. The third-order valence-electron chi connectivity index (χ3n) is 16.1. The van der Waals surface area contributed by atoms with Crippen molar-refractivity contribution in [3.63, 3.8) is 0 Å². The van der Waals surface area contributed by atoms with E-state index in [1.54, 1.807) is 0 Å². The molecule has 562 valence electrons. The first-order valence-electron chi connectivity index (χ1n) is 35.3. The van der Waals surface area contributed by atoms with Gasteiger partial charge in [-0.05, 0) is 108 Å². The molecule has 0 saturated carbocycles. The van der Waals surface area contributed by atoms with Gasteiger partial charge in [0, 0.05) is 0 Å². The van der Waals surface area contributed by atoms with Crippen LogP contribution in [-0.2, 0) is 71.4 Å². The molecular weight excluding hydrogens is 1560 g/mol. The molecule has 0 fully saturated rings. The molecule has 11 heteroatoms. The van der Waals surface area contributed by atoms with Gasteiger partial charge in [-0.25, -0.2) is 4.85 Å². The topological polar surface area (TPSA) is 62.4 Å². The van der Waals surface area contributed by atoms with Gasteiger partial charge in [0.1, 0.15) is 0 Å². The number of rotatable bonds is 8. The van der Waals surface area contributed by atoms with Gasteiger partial charge in [0.05, 0.1) is 6.57 Å². The Morgan fingerprint density at radius 2 is 0.522 bits per heavy atom.